The molecular formula is C14H17FO2. The Hall–Kier alpha value is -0.930. The second kappa shape index (κ2) is 4.39. The lowest BCUT2D eigenvalue weighted by Gasteiger charge is -2.37. The van der Waals surface area contributed by atoms with E-state index in [1.165, 1.54) is 5.56 Å². The summed E-state index contributed by atoms with van der Waals surface area (Å²) >= 11 is 0. The standard InChI is InChI=1S/C14H17FO2/c15-13-3-1-11(2-4-13)12-5-7-17-14(9-12)6-8-16-10-14/h1-4,12H,5-10H2/t12-,14-/m1/s1. The number of rotatable bonds is 1. The first-order valence-corrected chi connectivity index (χ1v) is 6.25. The zero-order valence-corrected chi connectivity index (χ0v) is 9.82. The molecule has 0 unspecified atom stereocenters. The van der Waals surface area contributed by atoms with Crippen molar-refractivity contribution in [3.63, 3.8) is 0 Å². The van der Waals surface area contributed by atoms with E-state index in [1.54, 1.807) is 12.1 Å². The van der Waals surface area contributed by atoms with Gasteiger partial charge >= 0.3 is 0 Å². The average Bonchev–Trinajstić information content (AvgIpc) is 2.78. The Morgan fingerprint density at radius 1 is 1.18 bits per heavy atom. The summed E-state index contributed by atoms with van der Waals surface area (Å²) in [6.07, 6.45) is 3.01. The third-order valence-corrected chi connectivity index (χ3v) is 3.90. The van der Waals surface area contributed by atoms with Crippen LogP contribution in [0.3, 0.4) is 0 Å². The molecule has 17 heavy (non-hydrogen) atoms. The molecule has 2 nitrogen and oxygen atoms in total. The fraction of sp³-hybridized carbons (Fsp3) is 0.571. The number of benzene rings is 1. The Balaban J connectivity index is 1.77. The second-order valence-electron chi connectivity index (χ2n) is 5.08. The van der Waals surface area contributed by atoms with Crippen molar-refractivity contribution in [1.82, 2.24) is 0 Å². The molecule has 2 atom stereocenters. The number of ether oxygens (including phenoxy) is 2. The predicted octanol–water partition coefficient (Wildman–Crippen LogP) is 2.88. The highest BCUT2D eigenvalue weighted by molar-refractivity contribution is 5.21. The number of hydrogen-bond donors (Lipinski definition) is 0. The summed E-state index contributed by atoms with van der Waals surface area (Å²) in [6, 6.07) is 6.88. The third kappa shape index (κ3) is 2.22. The van der Waals surface area contributed by atoms with Gasteiger partial charge in [0.2, 0.25) is 0 Å². The minimum absolute atomic E-state index is 0.0721. The van der Waals surface area contributed by atoms with E-state index in [1.807, 2.05) is 12.1 Å². The van der Waals surface area contributed by atoms with Crippen LogP contribution in [0.25, 0.3) is 0 Å². The second-order valence-corrected chi connectivity index (χ2v) is 5.08. The van der Waals surface area contributed by atoms with Crippen LogP contribution in [0.2, 0.25) is 0 Å². The Kier molecular flexibility index (Phi) is 2.89. The van der Waals surface area contributed by atoms with Gasteiger partial charge in [-0.15, -0.1) is 0 Å². The fourth-order valence-electron chi connectivity index (χ4n) is 2.91. The molecule has 2 aliphatic rings. The summed E-state index contributed by atoms with van der Waals surface area (Å²) in [5.41, 5.74) is 1.15. The van der Waals surface area contributed by atoms with Gasteiger partial charge in [-0.1, -0.05) is 12.1 Å². The lowest BCUT2D eigenvalue weighted by Crippen LogP contribution is -2.39. The van der Waals surface area contributed by atoms with E-state index in [2.05, 4.69) is 0 Å². The minimum atomic E-state index is -0.167. The molecule has 3 heteroatoms. The van der Waals surface area contributed by atoms with E-state index in [9.17, 15) is 4.39 Å². The maximum atomic E-state index is 12.9. The molecule has 2 heterocycles. The van der Waals surface area contributed by atoms with Crippen molar-refractivity contribution in [3.05, 3.63) is 35.6 Å². The van der Waals surface area contributed by atoms with E-state index >= 15 is 0 Å². The van der Waals surface area contributed by atoms with Gasteiger partial charge in [-0.3, -0.25) is 0 Å². The molecule has 1 spiro atoms. The van der Waals surface area contributed by atoms with Gasteiger partial charge in [0.15, 0.2) is 0 Å². The smallest absolute Gasteiger partial charge is 0.123 e. The first kappa shape index (κ1) is 11.2. The van der Waals surface area contributed by atoms with Crippen LogP contribution in [0.4, 0.5) is 4.39 Å². The lowest BCUT2D eigenvalue weighted by atomic mass is 9.81. The van der Waals surface area contributed by atoms with Gasteiger partial charge in [0.1, 0.15) is 5.82 Å². The van der Waals surface area contributed by atoms with E-state index in [0.29, 0.717) is 12.5 Å². The molecule has 0 bridgehead atoms. The summed E-state index contributed by atoms with van der Waals surface area (Å²) in [5.74, 6) is 0.311. The molecule has 92 valence electrons. The SMILES string of the molecule is Fc1ccc([C@@H]2CCO[C@]3(CCOC3)C2)cc1. The molecule has 2 fully saturated rings. The maximum absolute atomic E-state index is 12.9. The van der Waals surface area contributed by atoms with Crippen LogP contribution < -0.4 is 0 Å². The van der Waals surface area contributed by atoms with Gasteiger partial charge < -0.3 is 9.47 Å². The molecule has 0 N–H and O–H groups in total. The Bertz CT molecular complexity index is 382. The molecule has 0 aliphatic carbocycles. The molecule has 2 saturated heterocycles. The zero-order valence-electron chi connectivity index (χ0n) is 9.82. The topological polar surface area (TPSA) is 18.5 Å². The average molecular weight is 236 g/mol. The molecule has 0 radical (unpaired) electrons. The quantitative estimate of drug-likeness (QED) is 0.746. The predicted molar refractivity (Wildman–Crippen MR) is 62.5 cm³/mol. The van der Waals surface area contributed by atoms with Crippen LogP contribution in [-0.2, 0) is 9.47 Å². The number of hydrogen-bond acceptors (Lipinski definition) is 2. The Morgan fingerprint density at radius 3 is 2.71 bits per heavy atom. The summed E-state index contributed by atoms with van der Waals surface area (Å²) in [7, 11) is 0. The van der Waals surface area contributed by atoms with Gasteiger partial charge in [0, 0.05) is 19.6 Å². The van der Waals surface area contributed by atoms with Crippen LogP contribution in [0, 0.1) is 5.82 Å². The Labute approximate surface area is 101 Å². The maximum Gasteiger partial charge on any atom is 0.123 e. The van der Waals surface area contributed by atoms with E-state index in [4.69, 9.17) is 9.47 Å². The minimum Gasteiger partial charge on any atom is -0.378 e. The van der Waals surface area contributed by atoms with E-state index in [-0.39, 0.29) is 11.4 Å². The summed E-state index contributed by atoms with van der Waals surface area (Å²) in [4.78, 5) is 0. The van der Waals surface area contributed by atoms with Crippen molar-refractivity contribution in [1.29, 1.82) is 0 Å². The van der Waals surface area contributed by atoms with Crippen LogP contribution in [-0.4, -0.2) is 25.4 Å². The third-order valence-electron chi connectivity index (χ3n) is 3.90. The lowest BCUT2D eigenvalue weighted by molar-refractivity contribution is -0.0864. The largest absolute Gasteiger partial charge is 0.378 e. The normalized spacial score (nSPS) is 33.1. The fourth-order valence-corrected chi connectivity index (χ4v) is 2.91. The monoisotopic (exact) mass is 236 g/mol. The highest BCUT2D eigenvalue weighted by Crippen LogP contribution is 2.40. The van der Waals surface area contributed by atoms with Crippen molar-refractivity contribution in [2.45, 2.75) is 30.8 Å². The van der Waals surface area contributed by atoms with Crippen molar-refractivity contribution in [2.75, 3.05) is 19.8 Å². The first-order valence-electron chi connectivity index (χ1n) is 6.25. The van der Waals surface area contributed by atoms with Gasteiger partial charge in [-0.05, 0) is 36.5 Å². The molecule has 0 amide bonds. The Morgan fingerprint density at radius 2 is 2.00 bits per heavy atom. The molecular weight excluding hydrogens is 219 g/mol. The van der Waals surface area contributed by atoms with Gasteiger partial charge in [-0.25, -0.2) is 4.39 Å². The molecule has 1 aromatic carbocycles. The van der Waals surface area contributed by atoms with Gasteiger partial charge in [-0.2, -0.15) is 0 Å². The molecule has 0 aromatic heterocycles. The van der Waals surface area contributed by atoms with Gasteiger partial charge in [0.25, 0.3) is 0 Å². The van der Waals surface area contributed by atoms with E-state index in [0.717, 1.165) is 32.5 Å². The van der Waals surface area contributed by atoms with Crippen LogP contribution in [0.15, 0.2) is 24.3 Å². The van der Waals surface area contributed by atoms with Crippen molar-refractivity contribution in [3.8, 4) is 0 Å². The van der Waals surface area contributed by atoms with Crippen LogP contribution in [0.1, 0.15) is 30.7 Å². The molecule has 2 aliphatic heterocycles. The van der Waals surface area contributed by atoms with Crippen molar-refractivity contribution < 1.29 is 13.9 Å². The number of halogens is 1. The molecule has 0 saturated carbocycles. The highest BCUT2D eigenvalue weighted by Gasteiger charge is 2.41. The summed E-state index contributed by atoms with van der Waals surface area (Å²) in [6.45, 7) is 2.30. The van der Waals surface area contributed by atoms with E-state index < -0.39 is 0 Å². The van der Waals surface area contributed by atoms with Crippen molar-refractivity contribution in [2.24, 2.45) is 0 Å². The summed E-state index contributed by atoms with van der Waals surface area (Å²) in [5, 5.41) is 0. The summed E-state index contributed by atoms with van der Waals surface area (Å²) < 4.78 is 24.3. The van der Waals surface area contributed by atoms with Crippen LogP contribution >= 0.6 is 0 Å². The highest BCUT2D eigenvalue weighted by atomic mass is 19.1. The zero-order chi connectivity index (χ0) is 11.7. The molecule has 1 aromatic rings. The van der Waals surface area contributed by atoms with Crippen molar-refractivity contribution >= 4 is 0 Å². The van der Waals surface area contributed by atoms with Crippen LogP contribution in [0.5, 0.6) is 0 Å². The molecule has 3 rings (SSSR count). The van der Waals surface area contributed by atoms with Gasteiger partial charge in [0.05, 0.1) is 12.2 Å². The first-order chi connectivity index (χ1) is 8.27.